The first kappa shape index (κ1) is 9.07. The highest BCUT2D eigenvalue weighted by molar-refractivity contribution is 6.30. The molecule has 0 aliphatic heterocycles. The Balaban J connectivity index is 2.78. The van der Waals surface area contributed by atoms with Crippen LogP contribution in [0.4, 0.5) is 10.1 Å². The molecule has 0 heterocycles. The first-order valence-electron chi connectivity index (χ1n) is 3.54. The van der Waals surface area contributed by atoms with E-state index in [0.29, 0.717) is 17.3 Å². The molecule has 0 aliphatic rings. The van der Waals surface area contributed by atoms with Crippen molar-refractivity contribution in [3.63, 3.8) is 0 Å². The van der Waals surface area contributed by atoms with Crippen molar-refractivity contribution < 1.29 is 4.39 Å². The molecule has 12 heavy (non-hydrogen) atoms. The van der Waals surface area contributed by atoms with E-state index in [1.807, 2.05) is 0 Å². The number of halogens is 2. The van der Waals surface area contributed by atoms with Crippen LogP contribution in [0.3, 0.4) is 0 Å². The van der Waals surface area contributed by atoms with Crippen LogP contribution in [0.5, 0.6) is 0 Å². The van der Waals surface area contributed by atoms with Crippen LogP contribution in [0.1, 0.15) is 0 Å². The van der Waals surface area contributed by atoms with Crippen molar-refractivity contribution in [3.8, 4) is 0 Å². The maximum absolute atomic E-state index is 13.0. The number of rotatable bonds is 3. The minimum Gasteiger partial charge on any atom is -0.379 e. The predicted molar refractivity (Wildman–Crippen MR) is 50.1 cm³/mol. The third kappa shape index (κ3) is 2.24. The maximum atomic E-state index is 13.0. The van der Waals surface area contributed by atoms with Gasteiger partial charge < -0.3 is 5.32 Å². The molecule has 64 valence electrons. The van der Waals surface area contributed by atoms with Crippen LogP contribution in [0.25, 0.3) is 0 Å². The van der Waals surface area contributed by atoms with Crippen molar-refractivity contribution in [3.05, 3.63) is 41.7 Å². The van der Waals surface area contributed by atoms with Gasteiger partial charge in [-0.2, -0.15) is 0 Å². The van der Waals surface area contributed by atoms with E-state index in [4.69, 9.17) is 11.6 Å². The molecule has 1 aromatic rings. The van der Waals surface area contributed by atoms with Crippen molar-refractivity contribution in [2.75, 3.05) is 11.9 Å². The Bertz CT molecular complexity index is 286. The molecule has 0 saturated heterocycles. The first-order valence-corrected chi connectivity index (χ1v) is 3.91. The average molecular weight is 186 g/mol. The van der Waals surface area contributed by atoms with Gasteiger partial charge in [-0.25, -0.2) is 4.39 Å². The monoisotopic (exact) mass is 185 g/mol. The lowest BCUT2D eigenvalue weighted by atomic mass is 10.3. The molecular formula is C9H9ClFN. The van der Waals surface area contributed by atoms with E-state index < -0.39 is 0 Å². The third-order valence-electron chi connectivity index (χ3n) is 1.37. The van der Waals surface area contributed by atoms with Crippen LogP contribution >= 0.6 is 11.6 Å². The summed E-state index contributed by atoms with van der Waals surface area (Å²) >= 11 is 5.56. The van der Waals surface area contributed by atoms with Gasteiger partial charge in [0.25, 0.3) is 0 Å². The fourth-order valence-electron chi connectivity index (χ4n) is 0.815. The Hall–Kier alpha value is -1.02. The SMILES string of the molecule is C=CCNc1ccc(Cl)cc1F. The molecular weight excluding hydrogens is 177 g/mol. The molecule has 0 atom stereocenters. The van der Waals surface area contributed by atoms with Crippen LogP contribution in [0.2, 0.25) is 5.02 Å². The van der Waals surface area contributed by atoms with Crippen molar-refractivity contribution in [1.29, 1.82) is 0 Å². The predicted octanol–water partition coefficient (Wildman–Crippen LogP) is 3.08. The zero-order chi connectivity index (χ0) is 8.97. The Morgan fingerprint density at radius 3 is 2.92 bits per heavy atom. The van der Waals surface area contributed by atoms with Crippen molar-refractivity contribution >= 4 is 17.3 Å². The second-order valence-electron chi connectivity index (χ2n) is 2.29. The van der Waals surface area contributed by atoms with Gasteiger partial charge in [0, 0.05) is 11.6 Å². The maximum Gasteiger partial charge on any atom is 0.147 e. The van der Waals surface area contributed by atoms with Crippen LogP contribution in [-0.2, 0) is 0 Å². The largest absolute Gasteiger partial charge is 0.379 e. The number of nitrogens with one attached hydrogen (secondary N) is 1. The zero-order valence-corrected chi connectivity index (χ0v) is 7.24. The molecule has 1 aromatic carbocycles. The number of hydrogen-bond acceptors (Lipinski definition) is 1. The Kier molecular flexibility index (Phi) is 3.11. The quantitative estimate of drug-likeness (QED) is 0.714. The van der Waals surface area contributed by atoms with Gasteiger partial charge in [-0.05, 0) is 18.2 Å². The van der Waals surface area contributed by atoms with Crippen LogP contribution in [0.15, 0.2) is 30.9 Å². The Labute approximate surface area is 75.9 Å². The third-order valence-corrected chi connectivity index (χ3v) is 1.60. The molecule has 0 saturated carbocycles. The second kappa shape index (κ2) is 4.12. The normalized spacial score (nSPS) is 9.50. The Morgan fingerprint density at radius 1 is 1.58 bits per heavy atom. The summed E-state index contributed by atoms with van der Waals surface area (Å²) in [5, 5.41) is 3.24. The molecule has 3 heteroatoms. The molecule has 0 fully saturated rings. The van der Waals surface area contributed by atoms with Gasteiger partial charge in [0.2, 0.25) is 0 Å². The number of benzene rings is 1. The smallest absolute Gasteiger partial charge is 0.147 e. The molecule has 0 radical (unpaired) electrons. The first-order chi connectivity index (χ1) is 5.74. The summed E-state index contributed by atoms with van der Waals surface area (Å²) in [4.78, 5) is 0. The molecule has 0 aliphatic carbocycles. The number of hydrogen-bond donors (Lipinski definition) is 1. The summed E-state index contributed by atoms with van der Waals surface area (Å²) in [6, 6.07) is 4.50. The van der Waals surface area contributed by atoms with Crippen molar-refractivity contribution in [2.45, 2.75) is 0 Å². The summed E-state index contributed by atoms with van der Waals surface area (Å²) in [5.41, 5.74) is 0.444. The van der Waals surface area contributed by atoms with Crippen molar-refractivity contribution in [2.24, 2.45) is 0 Å². The molecule has 1 nitrogen and oxygen atoms in total. The van der Waals surface area contributed by atoms with Crippen LogP contribution in [-0.4, -0.2) is 6.54 Å². The van der Waals surface area contributed by atoms with E-state index in [9.17, 15) is 4.39 Å². The topological polar surface area (TPSA) is 12.0 Å². The van der Waals surface area contributed by atoms with E-state index in [1.165, 1.54) is 6.07 Å². The molecule has 1 rings (SSSR count). The van der Waals surface area contributed by atoms with Crippen molar-refractivity contribution in [1.82, 2.24) is 0 Å². The summed E-state index contributed by atoms with van der Waals surface area (Å²) in [6.45, 7) is 4.05. The summed E-state index contributed by atoms with van der Waals surface area (Å²) in [5.74, 6) is -0.343. The van der Waals surface area contributed by atoms with E-state index in [-0.39, 0.29) is 5.82 Å². The van der Waals surface area contributed by atoms with Gasteiger partial charge in [0.1, 0.15) is 5.82 Å². The summed E-state index contributed by atoms with van der Waals surface area (Å²) < 4.78 is 13.0. The van der Waals surface area contributed by atoms with Gasteiger partial charge in [-0.1, -0.05) is 17.7 Å². The lowest BCUT2D eigenvalue weighted by Gasteiger charge is -2.03. The molecule has 1 N–H and O–H groups in total. The van der Waals surface area contributed by atoms with Gasteiger partial charge in [0.05, 0.1) is 5.69 Å². The molecule has 0 spiro atoms. The van der Waals surface area contributed by atoms with Gasteiger partial charge in [-0.3, -0.25) is 0 Å². The van der Waals surface area contributed by atoms with E-state index >= 15 is 0 Å². The van der Waals surface area contributed by atoms with E-state index in [2.05, 4.69) is 11.9 Å². The lowest BCUT2D eigenvalue weighted by Crippen LogP contribution is -1.99. The summed E-state index contributed by atoms with van der Waals surface area (Å²) in [6.07, 6.45) is 1.66. The molecule has 0 amide bonds. The van der Waals surface area contributed by atoms with Gasteiger partial charge in [0.15, 0.2) is 0 Å². The molecule has 0 bridgehead atoms. The average Bonchev–Trinajstić information content (AvgIpc) is 2.03. The highest BCUT2D eigenvalue weighted by Gasteiger charge is 1.99. The highest BCUT2D eigenvalue weighted by Crippen LogP contribution is 2.18. The standard InChI is InChI=1S/C9H9ClFN/c1-2-5-12-9-4-3-7(10)6-8(9)11/h2-4,6,12H,1,5H2. The van der Waals surface area contributed by atoms with Gasteiger partial charge in [-0.15, -0.1) is 6.58 Å². The fourth-order valence-corrected chi connectivity index (χ4v) is 0.974. The highest BCUT2D eigenvalue weighted by atomic mass is 35.5. The summed E-state index contributed by atoms with van der Waals surface area (Å²) in [7, 11) is 0. The molecule has 0 aromatic heterocycles. The second-order valence-corrected chi connectivity index (χ2v) is 2.73. The molecule has 0 unspecified atom stereocenters. The lowest BCUT2D eigenvalue weighted by molar-refractivity contribution is 0.631. The van der Waals surface area contributed by atoms with E-state index in [0.717, 1.165) is 0 Å². The fraction of sp³-hybridized carbons (Fsp3) is 0.111. The van der Waals surface area contributed by atoms with Crippen LogP contribution in [0, 0.1) is 5.82 Å². The Morgan fingerprint density at radius 2 is 2.33 bits per heavy atom. The van der Waals surface area contributed by atoms with E-state index in [1.54, 1.807) is 18.2 Å². The number of anilines is 1. The van der Waals surface area contributed by atoms with Crippen LogP contribution < -0.4 is 5.32 Å². The zero-order valence-electron chi connectivity index (χ0n) is 6.48. The van der Waals surface area contributed by atoms with Gasteiger partial charge >= 0.3 is 0 Å². The minimum absolute atomic E-state index is 0.343. The minimum atomic E-state index is -0.343.